The minimum atomic E-state index is -0.485. The van der Waals surface area contributed by atoms with E-state index in [9.17, 15) is 4.79 Å². The third-order valence-corrected chi connectivity index (χ3v) is 4.51. The number of carbonyl (C=O) groups is 1. The molecule has 3 nitrogen and oxygen atoms in total. The number of primary amides is 1. The first-order valence-electron chi connectivity index (χ1n) is 7.81. The van der Waals surface area contributed by atoms with E-state index in [2.05, 4.69) is 19.2 Å². The van der Waals surface area contributed by atoms with E-state index in [1.54, 1.807) is 12.1 Å². The van der Waals surface area contributed by atoms with Gasteiger partial charge in [-0.2, -0.15) is 0 Å². The summed E-state index contributed by atoms with van der Waals surface area (Å²) in [5.41, 5.74) is 6.62. The van der Waals surface area contributed by atoms with E-state index in [-0.39, 0.29) is 0 Å². The normalized spacial score (nSPS) is 22.3. The van der Waals surface area contributed by atoms with Gasteiger partial charge in [0.2, 0.25) is 5.91 Å². The minimum Gasteiger partial charge on any atom is -0.382 e. The first-order chi connectivity index (χ1) is 9.95. The van der Waals surface area contributed by atoms with Gasteiger partial charge in [0.15, 0.2) is 0 Å². The van der Waals surface area contributed by atoms with Crippen LogP contribution >= 0.6 is 11.6 Å². The molecule has 0 spiro atoms. The Hall–Kier alpha value is -1.22. The number of carbonyl (C=O) groups excluding carboxylic acids is 1. The molecule has 2 rings (SSSR count). The van der Waals surface area contributed by atoms with Crippen molar-refractivity contribution in [2.45, 2.75) is 52.0 Å². The maximum atomic E-state index is 11.2. The summed E-state index contributed by atoms with van der Waals surface area (Å²) < 4.78 is 0. The van der Waals surface area contributed by atoms with Gasteiger partial charge in [-0.25, -0.2) is 0 Å². The highest BCUT2D eigenvalue weighted by Gasteiger charge is 2.22. The van der Waals surface area contributed by atoms with Crippen LogP contribution in [0.2, 0.25) is 5.02 Å². The number of benzene rings is 1. The lowest BCUT2D eigenvalue weighted by molar-refractivity contribution is 0.100. The van der Waals surface area contributed by atoms with E-state index in [1.807, 2.05) is 6.07 Å². The smallest absolute Gasteiger partial charge is 0.250 e. The van der Waals surface area contributed by atoms with E-state index in [0.717, 1.165) is 17.5 Å². The second-order valence-corrected chi connectivity index (χ2v) is 6.97. The number of hydrogen-bond donors (Lipinski definition) is 2. The first-order valence-corrected chi connectivity index (χ1v) is 8.19. The highest BCUT2D eigenvalue weighted by molar-refractivity contribution is 6.34. The van der Waals surface area contributed by atoms with Gasteiger partial charge in [-0.15, -0.1) is 0 Å². The third kappa shape index (κ3) is 4.63. The first kappa shape index (κ1) is 16.2. The van der Waals surface area contributed by atoms with Crippen LogP contribution in [0.15, 0.2) is 18.2 Å². The summed E-state index contributed by atoms with van der Waals surface area (Å²) in [5.74, 6) is 1.09. The molecule has 0 aromatic heterocycles. The van der Waals surface area contributed by atoms with Crippen LogP contribution < -0.4 is 11.1 Å². The SMILES string of the molecule is CC(C)CC1CCCC(Nc2ccc(C(N)=O)c(Cl)c2)C1. The maximum Gasteiger partial charge on any atom is 0.250 e. The van der Waals surface area contributed by atoms with Gasteiger partial charge in [-0.3, -0.25) is 4.79 Å². The number of nitrogens with two attached hydrogens (primary N) is 1. The van der Waals surface area contributed by atoms with E-state index in [0.29, 0.717) is 16.6 Å². The molecule has 1 aromatic carbocycles. The lowest BCUT2D eigenvalue weighted by atomic mass is 9.81. The lowest BCUT2D eigenvalue weighted by Crippen LogP contribution is -2.28. The average molecular weight is 309 g/mol. The topological polar surface area (TPSA) is 55.1 Å². The Labute approximate surface area is 132 Å². The van der Waals surface area contributed by atoms with Crippen LogP contribution in [-0.2, 0) is 0 Å². The van der Waals surface area contributed by atoms with Crippen molar-refractivity contribution in [2.75, 3.05) is 5.32 Å². The molecule has 0 radical (unpaired) electrons. The summed E-state index contributed by atoms with van der Waals surface area (Å²) in [4.78, 5) is 11.2. The number of nitrogens with one attached hydrogen (secondary N) is 1. The number of anilines is 1. The van der Waals surface area contributed by atoms with Gasteiger partial charge in [0.05, 0.1) is 10.6 Å². The fourth-order valence-electron chi connectivity index (χ4n) is 3.34. The van der Waals surface area contributed by atoms with Crippen LogP contribution in [-0.4, -0.2) is 11.9 Å². The van der Waals surface area contributed by atoms with Gasteiger partial charge >= 0.3 is 0 Å². The maximum absolute atomic E-state index is 11.2. The standard InChI is InChI=1S/C17H25ClN2O/c1-11(2)8-12-4-3-5-13(9-12)20-14-6-7-15(17(19)21)16(18)10-14/h6-7,10-13,20H,3-5,8-9H2,1-2H3,(H2,19,21). The summed E-state index contributed by atoms with van der Waals surface area (Å²) >= 11 is 6.10. The number of amides is 1. The largest absolute Gasteiger partial charge is 0.382 e. The van der Waals surface area contributed by atoms with Crippen molar-refractivity contribution in [3.8, 4) is 0 Å². The molecule has 1 aliphatic carbocycles. The van der Waals surface area contributed by atoms with Gasteiger partial charge in [0, 0.05) is 11.7 Å². The van der Waals surface area contributed by atoms with Crippen LogP contribution in [0.4, 0.5) is 5.69 Å². The van der Waals surface area contributed by atoms with Crippen LogP contribution in [0, 0.1) is 11.8 Å². The molecule has 1 aromatic rings. The molecular formula is C17H25ClN2O. The Kier molecular flexibility index (Phi) is 5.51. The summed E-state index contributed by atoms with van der Waals surface area (Å²) in [5, 5.41) is 3.97. The number of halogens is 1. The third-order valence-electron chi connectivity index (χ3n) is 4.19. The Morgan fingerprint density at radius 2 is 2.19 bits per heavy atom. The molecule has 0 heterocycles. The molecule has 3 N–H and O–H groups in total. The summed E-state index contributed by atoms with van der Waals surface area (Å²) in [6, 6.07) is 5.88. The second kappa shape index (κ2) is 7.17. The van der Waals surface area contributed by atoms with Crippen molar-refractivity contribution < 1.29 is 4.79 Å². The van der Waals surface area contributed by atoms with Gasteiger partial charge in [-0.05, 0) is 49.3 Å². The molecule has 116 valence electrons. The Morgan fingerprint density at radius 1 is 1.43 bits per heavy atom. The van der Waals surface area contributed by atoms with E-state index < -0.39 is 5.91 Å². The highest BCUT2D eigenvalue weighted by Crippen LogP contribution is 2.31. The van der Waals surface area contributed by atoms with Crippen molar-refractivity contribution in [1.29, 1.82) is 0 Å². The summed E-state index contributed by atoms with van der Waals surface area (Å²) in [6.07, 6.45) is 6.34. The van der Waals surface area contributed by atoms with Gasteiger partial charge < -0.3 is 11.1 Å². The number of rotatable bonds is 5. The quantitative estimate of drug-likeness (QED) is 0.844. The Morgan fingerprint density at radius 3 is 2.81 bits per heavy atom. The van der Waals surface area contributed by atoms with Crippen LogP contribution in [0.5, 0.6) is 0 Å². The van der Waals surface area contributed by atoms with Crippen molar-refractivity contribution in [2.24, 2.45) is 17.6 Å². The van der Waals surface area contributed by atoms with Crippen molar-refractivity contribution in [3.63, 3.8) is 0 Å². The van der Waals surface area contributed by atoms with Gasteiger partial charge in [0.1, 0.15) is 0 Å². The fraction of sp³-hybridized carbons (Fsp3) is 0.588. The zero-order valence-electron chi connectivity index (χ0n) is 12.9. The van der Waals surface area contributed by atoms with Crippen molar-refractivity contribution >= 4 is 23.2 Å². The average Bonchev–Trinajstić information content (AvgIpc) is 2.37. The van der Waals surface area contributed by atoms with Crippen LogP contribution in [0.1, 0.15) is 56.3 Å². The van der Waals surface area contributed by atoms with E-state index in [1.165, 1.54) is 32.1 Å². The van der Waals surface area contributed by atoms with E-state index in [4.69, 9.17) is 17.3 Å². The van der Waals surface area contributed by atoms with Crippen LogP contribution in [0.3, 0.4) is 0 Å². The molecule has 0 aliphatic heterocycles. The van der Waals surface area contributed by atoms with Gasteiger partial charge in [0.25, 0.3) is 0 Å². The fourth-order valence-corrected chi connectivity index (χ4v) is 3.62. The molecule has 1 aliphatic rings. The Bertz CT molecular complexity index is 502. The van der Waals surface area contributed by atoms with Crippen molar-refractivity contribution in [3.05, 3.63) is 28.8 Å². The zero-order valence-corrected chi connectivity index (χ0v) is 13.6. The summed E-state index contributed by atoms with van der Waals surface area (Å²) in [6.45, 7) is 4.58. The molecule has 1 saturated carbocycles. The number of hydrogen-bond acceptors (Lipinski definition) is 2. The van der Waals surface area contributed by atoms with Crippen LogP contribution in [0.25, 0.3) is 0 Å². The predicted molar refractivity (Wildman–Crippen MR) is 88.8 cm³/mol. The molecule has 0 saturated heterocycles. The summed E-state index contributed by atoms with van der Waals surface area (Å²) in [7, 11) is 0. The molecule has 0 bridgehead atoms. The monoisotopic (exact) mass is 308 g/mol. The highest BCUT2D eigenvalue weighted by atomic mass is 35.5. The second-order valence-electron chi connectivity index (χ2n) is 6.56. The van der Waals surface area contributed by atoms with E-state index >= 15 is 0 Å². The molecule has 2 atom stereocenters. The minimum absolute atomic E-state index is 0.378. The Balaban J connectivity index is 1.98. The molecule has 2 unspecified atom stereocenters. The molecule has 21 heavy (non-hydrogen) atoms. The molecule has 1 fully saturated rings. The predicted octanol–water partition coefficient (Wildman–Crippen LogP) is 4.46. The molecule has 1 amide bonds. The molecule has 4 heteroatoms. The zero-order chi connectivity index (χ0) is 15.4. The molecular weight excluding hydrogens is 284 g/mol. The van der Waals surface area contributed by atoms with Gasteiger partial charge in [-0.1, -0.05) is 38.3 Å². The lowest BCUT2D eigenvalue weighted by Gasteiger charge is -2.31. The van der Waals surface area contributed by atoms with Crippen molar-refractivity contribution in [1.82, 2.24) is 0 Å².